The van der Waals surface area contributed by atoms with Gasteiger partial charge in [0.2, 0.25) is 5.91 Å². The molecule has 0 saturated heterocycles. The average Bonchev–Trinajstić information content (AvgIpc) is 2.92. The Bertz CT molecular complexity index is 663. The molecule has 0 aliphatic carbocycles. The van der Waals surface area contributed by atoms with Crippen LogP contribution in [0.4, 0.5) is 5.69 Å². The molecule has 1 atom stereocenters. The topological polar surface area (TPSA) is 54.9 Å². The zero-order valence-corrected chi connectivity index (χ0v) is 16.3. The maximum Gasteiger partial charge on any atom is 0.237 e. The van der Waals surface area contributed by atoms with E-state index in [0.717, 1.165) is 14.4 Å². The van der Waals surface area contributed by atoms with Crippen LogP contribution >= 0.6 is 46.5 Å². The van der Waals surface area contributed by atoms with Gasteiger partial charge in [-0.1, -0.05) is 66.4 Å². The number of anilines is 1. The summed E-state index contributed by atoms with van der Waals surface area (Å²) in [5.41, 5.74) is 0.695. The van der Waals surface area contributed by atoms with Crippen LogP contribution in [-0.2, 0) is 4.79 Å². The van der Waals surface area contributed by atoms with E-state index in [1.165, 1.54) is 23.1 Å². The monoisotopic (exact) mass is 387 g/mol. The van der Waals surface area contributed by atoms with E-state index in [1.807, 2.05) is 13.0 Å². The zero-order chi connectivity index (χ0) is 16.8. The predicted octanol–water partition coefficient (Wildman–Crippen LogP) is 5.06. The van der Waals surface area contributed by atoms with Crippen LogP contribution in [0.15, 0.2) is 32.9 Å². The Morgan fingerprint density at radius 3 is 2.74 bits per heavy atom. The lowest BCUT2D eigenvalue weighted by molar-refractivity contribution is -0.115. The van der Waals surface area contributed by atoms with E-state index in [4.69, 9.17) is 11.6 Å². The van der Waals surface area contributed by atoms with Crippen molar-refractivity contribution in [3.8, 4) is 0 Å². The van der Waals surface area contributed by atoms with Crippen molar-refractivity contribution in [2.75, 3.05) is 11.1 Å². The van der Waals surface area contributed by atoms with Crippen LogP contribution < -0.4 is 5.32 Å². The number of thioether (sulfide) groups is 2. The van der Waals surface area contributed by atoms with E-state index in [2.05, 4.69) is 29.4 Å². The molecule has 0 unspecified atom stereocenters. The SMILES string of the molecule is CC(C)CSc1nnc(S[C@H](C)C(=O)Nc2cccc(Cl)c2)s1. The van der Waals surface area contributed by atoms with Crippen molar-refractivity contribution < 1.29 is 4.79 Å². The fourth-order valence-electron chi connectivity index (χ4n) is 1.56. The summed E-state index contributed by atoms with van der Waals surface area (Å²) in [4.78, 5) is 12.2. The lowest BCUT2D eigenvalue weighted by Gasteiger charge is -2.10. The Morgan fingerprint density at radius 1 is 1.30 bits per heavy atom. The number of nitrogens with one attached hydrogen (secondary N) is 1. The van der Waals surface area contributed by atoms with Gasteiger partial charge in [0.1, 0.15) is 0 Å². The lowest BCUT2D eigenvalue weighted by Crippen LogP contribution is -2.22. The van der Waals surface area contributed by atoms with Gasteiger partial charge in [0, 0.05) is 16.5 Å². The molecule has 1 heterocycles. The van der Waals surface area contributed by atoms with Crippen LogP contribution in [0.25, 0.3) is 0 Å². The van der Waals surface area contributed by atoms with Gasteiger partial charge in [0.05, 0.1) is 5.25 Å². The van der Waals surface area contributed by atoms with Crippen molar-refractivity contribution in [2.24, 2.45) is 5.92 Å². The molecule has 2 rings (SSSR count). The third-order valence-electron chi connectivity index (χ3n) is 2.67. The van der Waals surface area contributed by atoms with Crippen LogP contribution in [0.5, 0.6) is 0 Å². The highest BCUT2D eigenvalue weighted by atomic mass is 35.5. The molecule has 1 aromatic heterocycles. The van der Waals surface area contributed by atoms with Crippen LogP contribution in [0.3, 0.4) is 0 Å². The molecule has 0 spiro atoms. The smallest absolute Gasteiger partial charge is 0.237 e. The van der Waals surface area contributed by atoms with E-state index < -0.39 is 0 Å². The summed E-state index contributed by atoms with van der Waals surface area (Å²) in [7, 11) is 0. The first-order valence-corrected chi connectivity index (χ1v) is 10.2. The van der Waals surface area contributed by atoms with E-state index >= 15 is 0 Å². The van der Waals surface area contributed by atoms with E-state index in [9.17, 15) is 4.79 Å². The first-order valence-electron chi connectivity index (χ1n) is 7.13. The molecule has 0 saturated carbocycles. The Morgan fingerprint density at radius 2 is 2.04 bits per heavy atom. The number of halogens is 1. The van der Waals surface area contributed by atoms with Crippen LogP contribution in [0.2, 0.25) is 5.02 Å². The fourth-order valence-corrected chi connectivity index (χ4v) is 4.89. The van der Waals surface area contributed by atoms with Crippen molar-refractivity contribution in [1.82, 2.24) is 10.2 Å². The van der Waals surface area contributed by atoms with Crippen molar-refractivity contribution in [3.63, 3.8) is 0 Å². The third-order valence-corrected chi connectivity index (χ3v) is 6.57. The number of hydrogen-bond donors (Lipinski definition) is 1. The molecule has 1 amide bonds. The molecule has 2 aromatic rings. The van der Waals surface area contributed by atoms with Crippen molar-refractivity contribution in [1.29, 1.82) is 0 Å². The summed E-state index contributed by atoms with van der Waals surface area (Å²) in [5.74, 6) is 1.55. The highest BCUT2D eigenvalue weighted by Gasteiger charge is 2.17. The lowest BCUT2D eigenvalue weighted by atomic mass is 10.3. The average molecular weight is 388 g/mol. The number of carbonyl (C=O) groups is 1. The molecule has 1 aromatic carbocycles. The molecule has 1 N–H and O–H groups in total. The van der Waals surface area contributed by atoms with Crippen LogP contribution in [0.1, 0.15) is 20.8 Å². The number of rotatable bonds is 7. The van der Waals surface area contributed by atoms with Crippen molar-refractivity contribution >= 4 is 58.1 Å². The minimum absolute atomic E-state index is 0.0798. The summed E-state index contributed by atoms with van der Waals surface area (Å²) in [5, 5.41) is 11.5. The normalized spacial score (nSPS) is 12.4. The first kappa shape index (κ1) is 18.6. The Hall–Kier alpha value is -0.760. The van der Waals surface area contributed by atoms with Gasteiger partial charge in [0.25, 0.3) is 0 Å². The fraction of sp³-hybridized carbons (Fsp3) is 0.400. The number of amides is 1. The maximum atomic E-state index is 12.2. The minimum Gasteiger partial charge on any atom is -0.325 e. The van der Waals surface area contributed by atoms with Gasteiger partial charge in [-0.3, -0.25) is 4.79 Å². The molecule has 23 heavy (non-hydrogen) atoms. The second kappa shape index (κ2) is 8.92. The van der Waals surface area contributed by atoms with Crippen LogP contribution in [0, 0.1) is 5.92 Å². The van der Waals surface area contributed by atoms with Gasteiger partial charge in [0.15, 0.2) is 8.68 Å². The van der Waals surface area contributed by atoms with Crippen LogP contribution in [-0.4, -0.2) is 27.1 Å². The molecular weight excluding hydrogens is 370 g/mol. The van der Waals surface area contributed by atoms with Gasteiger partial charge in [-0.15, -0.1) is 10.2 Å². The second-order valence-electron chi connectivity index (χ2n) is 5.30. The molecule has 0 bridgehead atoms. The minimum atomic E-state index is -0.259. The van der Waals surface area contributed by atoms with Gasteiger partial charge >= 0.3 is 0 Å². The second-order valence-corrected chi connectivity index (χ2v) is 9.57. The summed E-state index contributed by atoms with van der Waals surface area (Å²) in [6.45, 7) is 6.20. The molecule has 0 radical (unpaired) electrons. The summed E-state index contributed by atoms with van der Waals surface area (Å²) in [6.07, 6.45) is 0. The van der Waals surface area contributed by atoms with Gasteiger partial charge in [-0.25, -0.2) is 0 Å². The Balaban J connectivity index is 1.88. The molecule has 124 valence electrons. The summed E-state index contributed by atoms with van der Waals surface area (Å²) < 4.78 is 1.76. The highest BCUT2D eigenvalue weighted by Crippen LogP contribution is 2.32. The molecule has 4 nitrogen and oxygen atoms in total. The molecule has 0 fully saturated rings. The van der Waals surface area contributed by atoms with Gasteiger partial charge < -0.3 is 5.32 Å². The first-order chi connectivity index (χ1) is 10.9. The summed E-state index contributed by atoms with van der Waals surface area (Å²) >= 11 is 10.6. The zero-order valence-electron chi connectivity index (χ0n) is 13.1. The molecule has 8 heteroatoms. The number of benzene rings is 1. The highest BCUT2D eigenvalue weighted by molar-refractivity contribution is 8.03. The third kappa shape index (κ3) is 6.33. The number of hydrogen-bond acceptors (Lipinski definition) is 6. The quantitative estimate of drug-likeness (QED) is 0.673. The van der Waals surface area contributed by atoms with Gasteiger partial charge in [-0.2, -0.15) is 0 Å². The predicted molar refractivity (Wildman–Crippen MR) is 101 cm³/mol. The van der Waals surface area contributed by atoms with E-state index in [0.29, 0.717) is 16.6 Å². The Labute approximate surface area is 153 Å². The molecule has 0 aliphatic heterocycles. The largest absolute Gasteiger partial charge is 0.325 e. The molecular formula is C15H18ClN3OS3. The Kier molecular flexibility index (Phi) is 7.20. The number of aromatic nitrogens is 2. The van der Waals surface area contributed by atoms with Crippen molar-refractivity contribution in [2.45, 2.75) is 34.7 Å². The standard InChI is InChI=1S/C15H18ClN3OS3/c1-9(2)8-21-14-18-19-15(23-14)22-10(3)13(20)17-12-6-4-5-11(16)7-12/h4-7,9-10H,8H2,1-3H3,(H,17,20)/t10-/m1/s1. The summed E-state index contributed by atoms with van der Waals surface area (Å²) in [6, 6.07) is 7.11. The number of nitrogens with zero attached hydrogens (tertiary/aromatic N) is 2. The maximum absolute atomic E-state index is 12.2. The van der Waals surface area contributed by atoms with Gasteiger partial charge in [-0.05, 0) is 31.0 Å². The number of carbonyl (C=O) groups excluding carboxylic acids is 1. The molecule has 0 aliphatic rings. The van der Waals surface area contributed by atoms with Crippen molar-refractivity contribution in [3.05, 3.63) is 29.3 Å². The van der Waals surface area contributed by atoms with E-state index in [-0.39, 0.29) is 11.2 Å². The van der Waals surface area contributed by atoms with E-state index in [1.54, 1.807) is 30.0 Å².